The average Bonchev–Trinajstić information content (AvgIpc) is 3.02. The van der Waals surface area contributed by atoms with Crippen LogP contribution in [0.2, 0.25) is 10.0 Å². The Kier molecular flexibility index (Phi) is 5.16. The van der Waals surface area contributed by atoms with Gasteiger partial charge in [0.2, 0.25) is 5.91 Å². The third-order valence-electron chi connectivity index (χ3n) is 5.08. The van der Waals surface area contributed by atoms with Crippen LogP contribution in [-0.2, 0) is 17.6 Å². The third-order valence-corrected chi connectivity index (χ3v) is 6.78. The molecule has 0 spiro atoms. The fourth-order valence-corrected chi connectivity index (χ4v) is 5.12. The van der Waals surface area contributed by atoms with Crippen molar-refractivity contribution < 1.29 is 4.79 Å². The Morgan fingerprint density at radius 2 is 2.18 bits per heavy atom. The molecular weight excluding hydrogens is 419 g/mol. The number of rotatable bonds is 3. The van der Waals surface area contributed by atoms with Crippen molar-refractivity contribution in [3.05, 3.63) is 49.0 Å². The number of nitrogens with zero attached hydrogens (tertiary/aromatic N) is 3. The molecule has 146 valence electrons. The number of hydrogen-bond acceptors (Lipinski definition) is 5. The van der Waals surface area contributed by atoms with Gasteiger partial charge >= 0.3 is 0 Å². The Morgan fingerprint density at radius 1 is 1.39 bits per heavy atom. The summed E-state index contributed by atoms with van der Waals surface area (Å²) in [6.07, 6.45) is 2.86. The van der Waals surface area contributed by atoms with Crippen LogP contribution >= 0.6 is 34.5 Å². The van der Waals surface area contributed by atoms with Crippen LogP contribution in [0.4, 0.5) is 5.69 Å². The standard InChI is InChI=1S/C19H18Cl2N4O2S/c1-9-3-5-12-15(7-9)28-18-16(12)19(27)25(24-23-18)10(2)17(26)22-14-8-11(20)4-6-13(14)21/h4,6,8-10H,3,5,7H2,1-2H3,(H,22,26). The Labute approximate surface area is 175 Å². The molecule has 3 aromatic rings. The van der Waals surface area contributed by atoms with Crippen LogP contribution in [0.1, 0.15) is 36.8 Å². The maximum absolute atomic E-state index is 13.1. The van der Waals surface area contributed by atoms with Gasteiger partial charge < -0.3 is 5.32 Å². The van der Waals surface area contributed by atoms with Gasteiger partial charge in [0.25, 0.3) is 5.56 Å². The molecule has 1 N–H and O–H groups in total. The molecule has 0 fully saturated rings. The minimum Gasteiger partial charge on any atom is -0.323 e. The maximum atomic E-state index is 13.1. The Balaban J connectivity index is 1.68. The van der Waals surface area contributed by atoms with Gasteiger partial charge in [0.05, 0.1) is 16.1 Å². The van der Waals surface area contributed by atoms with Crippen LogP contribution < -0.4 is 10.9 Å². The third kappa shape index (κ3) is 3.43. The molecule has 0 aliphatic heterocycles. The molecule has 9 heteroatoms. The number of carbonyl (C=O) groups is 1. The van der Waals surface area contributed by atoms with E-state index < -0.39 is 11.9 Å². The molecule has 2 heterocycles. The van der Waals surface area contributed by atoms with E-state index in [1.165, 1.54) is 16.2 Å². The summed E-state index contributed by atoms with van der Waals surface area (Å²) < 4.78 is 1.14. The lowest BCUT2D eigenvalue weighted by molar-refractivity contribution is -0.119. The number of anilines is 1. The lowest BCUT2D eigenvalue weighted by atomic mass is 9.89. The number of nitrogens with one attached hydrogen (secondary N) is 1. The summed E-state index contributed by atoms with van der Waals surface area (Å²) in [5.41, 5.74) is 1.17. The van der Waals surface area contributed by atoms with Crippen molar-refractivity contribution in [3.63, 3.8) is 0 Å². The lowest BCUT2D eigenvalue weighted by Gasteiger charge is -2.18. The second-order valence-corrected chi connectivity index (χ2v) is 9.09. The molecule has 1 aliphatic carbocycles. The predicted octanol–water partition coefficient (Wildman–Crippen LogP) is 4.48. The summed E-state index contributed by atoms with van der Waals surface area (Å²) in [6.45, 7) is 3.82. The summed E-state index contributed by atoms with van der Waals surface area (Å²) in [5, 5.41) is 12.4. The van der Waals surface area contributed by atoms with Gasteiger partial charge in [-0.3, -0.25) is 9.59 Å². The molecule has 1 aliphatic rings. The number of thiophene rings is 1. The fourth-order valence-electron chi connectivity index (χ4n) is 3.47. The van der Waals surface area contributed by atoms with Crippen LogP contribution in [0.15, 0.2) is 23.0 Å². The molecular formula is C19H18Cl2N4O2S. The van der Waals surface area contributed by atoms with Crippen molar-refractivity contribution in [2.75, 3.05) is 5.32 Å². The first-order valence-corrected chi connectivity index (χ1v) is 10.6. The second-order valence-electron chi connectivity index (χ2n) is 7.16. The van der Waals surface area contributed by atoms with Gasteiger partial charge in [-0.05, 0) is 55.9 Å². The van der Waals surface area contributed by atoms with Gasteiger partial charge in [-0.1, -0.05) is 35.3 Å². The van der Waals surface area contributed by atoms with Gasteiger partial charge in [0.1, 0.15) is 6.04 Å². The molecule has 4 rings (SSSR count). The number of hydrogen-bond donors (Lipinski definition) is 1. The fraction of sp³-hybridized carbons (Fsp3) is 0.368. The smallest absolute Gasteiger partial charge is 0.279 e. The minimum atomic E-state index is -0.850. The van der Waals surface area contributed by atoms with E-state index >= 15 is 0 Å². The van der Waals surface area contributed by atoms with E-state index in [1.807, 2.05) is 0 Å². The summed E-state index contributed by atoms with van der Waals surface area (Å²) in [5.74, 6) is 0.181. The summed E-state index contributed by atoms with van der Waals surface area (Å²) >= 11 is 13.6. The minimum absolute atomic E-state index is 0.281. The van der Waals surface area contributed by atoms with E-state index in [9.17, 15) is 9.59 Å². The van der Waals surface area contributed by atoms with Crippen molar-refractivity contribution in [3.8, 4) is 0 Å². The number of benzene rings is 1. The largest absolute Gasteiger partial charge is 0.323 e. The molecule has 0 radical (unpaired) electrons. The van der Waals surface area contributed by atoms with Crippen LogP contribution in [-0.4, -0.2) is 20.9 Å². The SMILES string of the molecule is CC1CCc2c(sc3nnn(C(C)C(=O)Nc4cc(Cl)ccc4Cl)c(=O)c23)C1. The number of carbonyl (C=O) groups excluding carboxylic acids is 1. The van der Waals surface area contributed by atoms with E-state index in [1.54, 1.807) is 25.1 Å². The Hall–Kier alpha value is -1.96. The molecule has 1 aromatic carbocycles. The quantitative estimate of drug-likeness (QED) is 0.655. The van der Waals surface area contributed by atoms with Crippen LogP contribution in [0, 0.1) is 5.92 Å². The zero-order valence-electron chi connectivity index (χ0n) is 15.3. The van der Waals surface area contributed by atoms with Gasteiger partial charge in [0.15, 0.2) is 4.83 Å². The van der Waals surface area contributed by atoms with Crippen molar-refractivity contribution >= 4 is 56.3 Å². The van der Waals surface area contributed by atoms with Gasteiger partial charge in [-0.15, -0.1) is 16.4 Å². The summed E-state index contributed by atoms with van der Waals surface area (Å²) in [7, 11) is 0. The molecule has 1 amide bonds. The second kappa shape index (κ2) is 7.46. The van der Waals surface area contributed by atoms with Crippen molar-refractivity contribution in [1.29, 1.82) is 0 Å². The first-order chi connectivity index (χ1) is 13.3. The van der Waals surface area contributed by atoms with Crippen molar-refractivity contribution in [2.24, 2.45) is 5.92 Å². The summed E-state index contributed by atoms with van der Waals surface area (Å²) in [4.78, 5) is 27.7. The van der Waals surface area contributed by atoms with Crippen LogP contribution in [0.5, 0.6) is 0 Å². The number of aryl methyl sites for hydroxylation is 1. The Bertz CT molecular complexity index is 1140. The highest BCUT2D eigenvalue weighted by Gasteiger charge is 2.26. The van der Waals surface area contributed by atoms with Crippen molar-refractivity contribution in [2.45, 2.75) is 39.2 Å². The molecule has 0 saturated carbocycles. The molecule has 2 aromatic heterocycles. The lowest BCUT2D eigenvalue weighted by Crippen LogP contribution is -2.34. The number of halogens is 2. The van der Waals surface area contributed by atoms with Gasteiger partial charge in [0, 0.05) is 9.90 Å². The van der Waals surface area contributed by atoms with E-state index in [4.69, 9.17) is 23.2 Å². The molecule has 0 saturated heterocycles. The first kappa shape index (κ1) is 19.4. The van der Waals surface area contributed by atoms with E-state index in [0.717, 1.165) is 29.5 Å². The average molecular weight is 437 g/mol. The predicted molar refractivity (Wildman–Crippen MR) is 113 cm³/mol. The zero-order chi connectivity index (χ0) is 20.0. The molecule has 2 unspecified atom stereocenters. The summed E-state index contributed by atoms with van der Waals surface area (Å²) in [6, 6.07) is 3.94. The highest BCUT2D eigenvalue weighted by Crippen LogP contribution is 2.35. The van der Waals surface area contributed by atoms with Crippen LogP contribution in [0.25, 0.3) is 10.2 Å². The molecule has 28 heavy (non-hydrogen) atoms. The number of fused-ring (bicyclic) bond motifs is 3. The normalized spacial score (nSPS) is 17.4. The molecule has 6 nitrogen and oxygen atoms in total. The van der Waals surface area contributed by atoms with E-state index in [2.05, 4.69) is 22.6 Å². The van der Waals surface area contributed by atoms with Gasteiger partial charge in [-0.25, -0.2) is 0 Å². The zero-order valence-corrected chi connectivity index (χ0v) is 17.7. The van der Waals surface area contributed by atoms with Gasteiger partial charge in [-0.2, -0.15) is 4.68 Å². The number of amides is 1. The maximum Gasteiger partial charge on any atom is 0.279 e. The van der Waals surface area contributed by atoms with Crippen molar-refractivity contribution in [1.82, 2.24) is 15.0 Å². The van der Waals surface area contributed by atoms with E-state index in [0.29, 0.717) is 31.9 Å². The number of aromatic nitrogens is 3. The molecule has 2 atom stereocenters. The Morgan fingerprint density at radius 3 is 2.96 bits per heavy atom. The highest BCUT2D eigenvalue weighted by atomic mass is 35.5. The highest BCUT2D eigenvalue weighted by molar-refractivity contribution is 7.18. The molecule has 0 bridgehead atoms. The van der Waals surface area contributed by atoms with E-state index in [-0.39, 0.29) is 5.56 Å². The monoisotopic (exact) mass is 436 g/mol. The topological polar surface area (TPSA) is 76.9 Å². The first-order valence-electron chi connectivity index (χ1n) is 9.00. The van der Waals surface area contributed by atoms with Crippen LogP contribution in [0.3, 0.4) is 0 Å².